The van der Waals surface area contributed by atoms with E-state index in [1.165, 1.54) is 7.11 Å². The average molecular weight is 307 g/mol. The molecule has 0 bridgehead atoms. The number of halogens is 1. The maximum absolute atomic E-state index is 12.0. The van der Waals surface area contributed by atoms with Gasteiger partial charge in [-0.25, -0.2) is 4.79 Å². The fourth-order valence-electron chi connectivity index (χ4n) is 1.68. The number of para-hydroxylation sites is 1. The van der Waals surface area contributed by atoms with Crippen LogP contribution in [0.4, 0.5) is 0 Å². The van der Waals surface area contributed by atoms with Crippen LogP contribution in [0.15, 0.2) is 48.5 Å². The number of benzene rings is 2. The Labute approximate surface area is 128 Å². The van der Waals surface area contributed by atoms with Crippen LogP contribution in [0.1, 0.15) is 15.9 Å². The van der Waals surface area contributed by atoms with Gasteiger partial charge in [0.1, 0.15) is 22.9 Å². The highest BCUT2D eigenvalue weighted by atomic mass is 35.5. The number of ether oxygens (including phenoxy) is 2. The topological polar surface area (TPSA) is 85.4 Å². The minimum absolute atomic E-state index is 0. The number of nitrogens with two attached hydrogens (primary N) is 1. The van der Waals surface area contributed by atoms with Crippen molar-refractivity contribution >= 4 is 24.2 Å². The van der Waals surface area contributed by atoms with Gasteiger partial charge in [-0.05, 0) is 36.4 Å². The number of nitrogen functional groups attached to an aromatic ring is 1. The number of hydrogen-bond acceptors (Lipinski definition) is 4. The molecular formula is C15H15ClN2O3. The predicted molar refractivity (Wildman–Crippen MR) is 82.7 cm³/mol. The van der Waals surface area contributed by atoms with Gasteiger partial charge in [0, 0.05) is 5.56 Å². The summed E-state index contributed by atoms with van der Waals surface area (Å²) in [4.78, 5) is 12.0. The van der Waals surface area contributed by atoms with E-state index < -0.39 is 5.97 Å². The Morgan fingerprint density at radius 1 is 1.10 bits per heavy atom. The van der Waals surface area contributed by atoms with E-state index in [1.807, 2.05) is 0 Å². The van der Waals surface area contributed by atoms with Gasteiger partial charge >= 0.3 is 5.97 Å². The first-order chi connectivity index (χ1) is 9.61. The zero-order valence-corrected chi connectivity index (χ0v) is 12.1. The van der Waals surface area contributed by atoms with Crippen molar-refractivity contribution in [2.45, 2.75) is 0 Å². The molecule has 21 heavy (non-hydrogen) atoms. The van der Waals surface area contributed by atoms with E-state index in [1.54, 1.807) is 48.5 Å². The number of hydrogen-bond donors (Lipinski definition) is 2. The third kappa shape index (κ3) is 3.97. The summed E-state index contributed by atoms with van der Waals surface area (Å²) in [6.07, 6.45) is 0. The van der Waals surface area contributed by atoms with Crippen LogP contribution in [0.3, 0.4) is 0 Å². The highest BCUT2D eigenvalue weighted by Gasteiger charge is 2.13. The second-order valence-electron chi connectivity index (χ2n) is 4.03. The lowest BCUT2D eigenvalue weighted by molar-refractivity contribution is 0.0731. The van der Waals surface area contributed by atoms with E-state index in [-0.39, 0.29) is 18.2 Å². The van der Waals surface area contributed by atoms with Crippen LogP contribution >= 0.6 is 12.4 Å². The van der Waals surface area contributed by atoms with Gasteiger partial charge in [0.2, 0.25) is 0 Å². The normalized spacial score (nSPS) is 9.38. The Morgan fingerprint density at radius 2 is 1.71 bits per heavy atom. The average Bonchev–Trinajstić information content (AvgIpc) is 2.47. The molecule has 0 aliphatic rings. The third-order valence-corrected chi connectivity index (χ3v) is 2.70. The molecule has 3 N–H and O–H groups in total. The van der Waals surface area contributed by atoms with Gasteiger partial charge in [0.25, 0.3) is 0 Å². The summed E-state index contributed by atoms with van der Waals surface area (Å²) in [5.41, 5.74) is 6.28. The number of carbonyl (C=O) groups excluding carboxylic acids is 1. The second-order valence-corrected chi connectivity index (χ2v) is 4.03. The molecule has 0 heterocycles. The number of amidine groups is 1. The molecule has 0 unspecified atom stereocenters. The van der Waals surface area contributed by atoms with Crippen LogP contribution < -0.4 is 15.2 Å². The smallest absolute Gasteiger partial charge is 0.347 e. The molecule has 0 aliphatic heterocycles. The molecule has 0 radical (unpaired) electrons. The lowest BCUT2D eigenvalue weighted by atomic mass is 10.2. The Balaban J connectivity index is 0.00000220. The fraction of sp³-hybridized carbons (Fsp3) is 0.0667. The molecular weight excluding hydrogens is 292 g/mol. The summed E-state index contributed by atoms with van der Waals surface area (Å²) >= 11 is 0. The van der Waals surface area contributed by atoms with Gasteiger partial charge in [0.05, 0.1) is 7.11 Å². The number of carbonyl (C=O) groups is 1. The summed E-state index contributed by atoms with van der Waals surface area (Å²) in [7, 11) is 1.49. The first-order valence-corrected chi connectivity index (χ1v) is 5.91. The van der Waals surface area contributed by atoms with E-state index in [4.69, 9.17) is 20.6 Å². The largest absolute Gasteiger partial charge is 0.496 e. The standard InChI is InChI=1S/C15H14N2O3.ClH/c1-19-13-5-3-2-4-12(13)15(18)20-11-8-6-10(7-9-11)14(16)17;/h2-9H,1H3,(H3,16,17);1H. The number of nitrogens with one attached hydrogen (secondary N) is 1. The van der Waals surface area contributed by atoms with Crippen LogP contribution in [0.5, 0.6) is 11.5 Å². The Bertz CT molecular complexity index is 642. The highest BCUT2D eigenvalue weighted by Crippen LogP contribution is 2.20. The van der Waals surface area contributed by atoms with Crippen LogP contribution in [-0.2, 0) is 0 Å². The predicted octanol–water partition coefficient (Wildman–Crippen LogP) is 2.62. The molecule has 0 amide bonds. The van der Waals surface area contributed by atoms with E-state index in [0.29, 0.717) is 22.6 Å². The van der Waals surface area contributed by atoms with Gasteiger partial charge in [-0.15, -0.1) is 12.4 Å². The molecule has 2 aromatic rings. The Morgan fingerprint density at radius 3 is 2.29 bits per heavy atom. The molecule has 0 aromatic heterocycles. The lowest BCUT2D eigenvalue weighted by Gasteiger charge is -2.08. The summed E-state index contributed by atoms with van der Waals surface area (Å²) in [6, 6.07) is 13.2. The molecule has 110 valence electrons. The van der Waals surface area contributed by atoms with Crippen molar-refractivity contribution in [3.63, 3.8) is 0 Å². The van der Waals surface area contributed by atoms with E-state index in [0.717, 1.165) is 0 Å². The van der Waals surface area contributed by atoms with Gasteiger partial charge < -0.3 is 15.2 Å². The quantitative estimate of drug-likeness (QED) is 0.393. The Kier molecular flexibility index (Phi) is 5.75. The third-order valence-electron chi connectivity index (χ3n) is 2.70. The second kappa shape index (κ2) is 7.31. The molecule has 0 aliphatic carbocycles. The molecule has 0 saturated heterocycles. The van der Waals surface area contributed by atoms with Crippen LogP contribution in [0.25, 0.3) is 0 Å². The zero-order chi connectivity index (χ0) is 14.5. The minimum atomic E-state index is -0.502. The van der Waals surface area contributed by atoms with Crippen molar-refractivity contribution in [1.82, 2.24) is 0 Å². The molecule has 0 fully saturated rings. The first-order valence-electron chi connectivity index (χ1n) is 5.91. The maximum Gasteiger partial charge on any atom is 0.347 e. The van der Waals surface area contributed by atoms with E-state index in [9.17, 15) is 4.79 Å². The van der Waals surface area contributed by atoms with Crippen molar-refractivity contribution in [2.24, 2.45) is 5.73 Å². The monoisotopic (exact) mass is 306 g/mol. The van der Waals surface area contributed by atoms with Gasteiger partial charge in [-0.1, -0.05) is 12.1 Å². The van der Waals surface area contributed by atoms with Gasteiger partial charge in [-0.3, -0.25) is 5.41 Å². The first kappa shape index (κ1) is 16.5. The molecule has 2 aromatic carbocycles. The number of rotatable bonds is 4. The van der Waals surface area contributed by atoms with Crippen LogP contribution in [-0.4, -0.2) is 18.9 Å². The van der Waals surface area contributed by atoms with Crippen LogP contribution in [0.2, 0.25) is 0 Å². The summed E-state index contributed by atoms with van der Waals surface area (Å²) < 4.78 is 10.4. The minimum Gasteiger partial charge on any atom is -0.496 e. The number of esters is 1. The highest BCUT2D eigenvalue weighted by molar-refractivity contribution is 5.96. The van der Waals surface area contributed by atoms with Crippen molar-refractivity contribution in [3.8, 4) is 11.5 Å². The molecule has 0 atom stereocenters. The summed E-state index contributed by atoms with van der Waals surface area (Å²) in [6.45, 7) is 0. The lowest BCUT2D eigenvalue weighted by Crippen LogP contribution is -2.12. The SMILES string of the molecule is COc1ccccc1C(=O)Oc1ccc(C(=N)N)cc1.Cl. The van der Waals surface area contributed by atoms with E-state index in [2.05, 4.69) is 0 Å². The fourth-order valence-corrected chi connectivity index (χ4v) is 1.68. The van der Waals surface area contributed by atoms with Gasteiger partial charge in [-0.2, -0.15) is 0 Å². The molecule has 6 heteroatoms. The molecule has 2 rings (SSSR count). The number of methoxy groups -OCH3 is 1. The molecule has 5 nitrogen and oxygen atoms in total. The van der Waals surface area contributed by atoms with Crippen molar-refractivity contribution in [2.75, 3.05) is 7.11 Å². The molecule has 0 saturated carbocycles. The van der Waals surface area contributed by atoms with Crippen LogP contribution in [0, 0.1) is 5.41 Å². The van der Waals surface area contributed by atoms with Crippen molar-refractivity contribution in [3.05, 3.63) is 59.7 Å². The van der Waals surface area contributed by atoms with Crippen molar-refractivity contribution < 1.29 is 14.3 Å². The van der Waals surface area contributed by atoms with Crippen molar-refractivity contribution in [1.29, 1.82) is 5.41 Å². The summed E-state index contributed by atoms with van der Waals surface area (Å²) in [5, 5.41) is 7.29. The zero-order valence-electron chi connectivity index (χ0n) is 11.3. The summed E-state index contributed by atoms with van der Waals surface area (Å²) in [5.74, 6) is 0.300. The van der Waals surface area contributed by atoms with Gasteiger partial charge in [0.15, 0.2) is 0 Å². The molecule has 0 spiro atoms. The maximum atomic E-state index is 12.0. The Hall–Kier alpha value is -2.53. The van der Waals surface area contributed by atoms with E-state index >= 15 is 0 Å².